The molecule has 2 heterocycles. The molecule has 8 nitrogen and oxygen atoms in total. The summed E-state index contributed by atoms with van der Waals surface area (Å²) in [7, 11) is 0. The molecule has 3 aliphatic rings. The highest BCUT2D eigenvalue weighted by atomic mass is 16.2. The van der Waals surface area contributed by atoms with Gasteiger partial charge >= 0.3 is 6.03 Å². The van der Waals surface area contributed by atoms with Crippen LogP contribution in [-0.4, -0.2) is 51.5 Å². The zero-order valence-corrected chi connectivity index (χ0v) is 21.9. The molecule has 1 saturated carbocycles. The average molecular weight is 504 g/mol. The van der Waals surface area contributed by atoms with Gasteiger partial charge in [-0.3, -0.25) is 19.5 Å². The first kappa shape index (κ1) is 25.3. The largest absolute Gasteiger partial charge is 0.356 e. The predicted octanol–water partition coefficient (Wildman–Crippen LogP) is 3.62. The minimum Gasteiger partial charge on any atom is -0.356 e. The van der Waals surface area contributed by atoms with Crippen molar-refractivity contribution in [2.45, 2.75) is 65.5 Å². The van der Waals surface area contributed by atoms with Gasteiger partial charge in [-0.15, -0.1) is 0 Å². The van der Waals surface area contributed by atoms with Crippen LogP contribution < -0.4 is 10.7 Å². The molecule has 8 heteroatoms. The highest BCUT2D eigenvalue weighted by Gasteiger charge is 2.56. The van der Waals surface area contributed by atoms with Crippen LogP contribution in [0.25, 0.3) is 0 Å². The van der Waals surface area contributed by atoms with Crippen LogP contribution in [0.3, 0.4) is 0 Å². The van der Waals surface area contributed by atoms with Gasteiger partial charge in [0.2, 0.25) is 11.8 Å². The van der Waals surface area contributed by atoms with Crippen molar-refractivity contribution in [1.82, 2.24) is 25.6 Å². The van der Waals surface area contributed by atoms with E-state index in [0.29, 0.717) is 44.8 Å². The lowest BCUT2D eigenvalue weighted by Gasteiger charge is -2.49. The number of hydrogen-bond donors (Lipinski definition) is 2. The molecule has 2 N–H and O–H groups in total. The molecule has 5 rings (SSSR count). The zero-order valence-electron chi connectivity index (χ0n) is 21.9. The Balaban J connectivity index is 1.41. The van der Waals surface area contributed by atoms with E-state index in [9.17, 15) is 14.4 Å². The third-order valence-corrected chi connectivity index (χ3v) is 7.77. The molecule has 4 unspecified atom stereocenters. The Morgan fingerprint density at radius 2 is 1.70 bits per heavy atom. The number of carbonyl (C=O) groups excluding carboxylic acids is 3. The van der Waals surface area contributed by atoms with Crippen LogP contribution in [-0.2, 0) is 22.7 Å². The van der Waals surface area contributed by atoms with Crippen LogP contribution in [0.2, 0.25) is 0 Å². The second-order valence-corrected chi connectivity index (χ2v) is 11.0. The zero-order chi connectivity index (χ0) is 26.1. The standard InChI is InChI=1S/C29H37N5O3/c1-19(2)16-30-26(35)23-13-14-24-25(15-23)34-28(31-33(29(34)37)18-21-7-5-4-6-8-21)32(27(24)36)17-22-11-9-20(3)10-12-22/h4-12,19,23-25,28,31H,13-18H2,1-3H3,(H,30,35). The lowest BCUT2D eigenvalue weighted by atomic mass is 9.75. The topological polar surface area (TPSA) is 85.0 Å². The molecule has 0 aromatic heterocycles. The molecule has 2 aromatic rings. The summed E-state index contributed by atoms with van der Waals surface area (Å²) < 4.78 is 0. The Hall–Kier alpha value is -3.39. The lowest BCUT2D eigenvalue weighted by Crippen LogP contribution is -2.66. The van der Waals surface area contributed by atoms with Crippen molar-refractivity contribution >= 4 is 17.8 Å². The summed E-state index contributed by atoms with van der Waals surface area (Å²) >= 11 is 0. The molecular formula is C29H37N5O3. The van der Waals surface area contributed by atoms with Gasteiger partial charge in [0.05, 0.1) is 12.5 Å². The number of hydrazine groups is 1. The summed E-state index contributed by atoms with van der Waals surface area (Å²) in [6.45, 7) is 7.62. The van der Waals surface area contributed by atoms with Crippen molar-refractivity contribution in [1.29, 1.82) is 0 Å². The summed E-state index contributed by atoms with van der Waals surface area (Å²) in [5, 5.41) is 4.66. The predicted molar refractivity (Wildman–Crippen MR) is 140 cm³/mol. The van der Waals surface area contributed by atoms with Crippen molar-refractivity contribution in [3.05, 3.63) is 71.3 Å². The number of aryl methyl sites for hydroxylation is 1. The van der Waals surface area contributed by atoms with Crippen molar-refractivity contribution < 1.29 is 14.4 Å². The van der Waals surface area contributed by atoms with E-state index in [0.717, 1.165) is 16.7 Å². The second-order valence-electron chi connectivity index (χ2n) is 11.0. The molecule has 2 aromatic carbocycles. The maximum atomic E-state index is 13.9. The SMILES string of the molecule is Cc1ccc(CN2C(=O)C3CCC(C(=O)NCC(C)C)CC3N3C(=O)N(Cc4ccccc4)NC23)cc1. The quantitative estimate of drug-likeness (QED) is 0.605. The van der Waals surface area contributed by atoms with Crippen LogP contribution in [0.1, 0.15) is 49.8 Å². The molecule has 3 fully saturated rings. The van der Waals surface area contributed by atoms with E-state index in [4.69, 9.17) is 0 Å². The van der Waals surface area contributed by atoms with Crippen molar-refractivity contribution in [3.63, 3.8) is 0 Å². The highest BCUT2D eigenvalue weighted by Crippen LogP contribution is 2.41. The maximum Gasteiger partial charge on any atom is 0.337 e. The molecule has 0 radical (unpaired) electrons. The molecule has 0 spiro atoms. The number of rotatable bonds is 7. The number of hydrogen-bond acceptors (Lipinski definition) is 4. The van der Waals surface area contributed by atoms with E-state index in [1.54, 1.807) is 9.91 Å². The summed E-state index contributed by atoms with van der Waals surface area (Å²) in [4.78, 5) is 44.2. The first-order valence-electron chi connectivity index (χ1n) is 13.4. The number of benzene rings is 2. The number of fused-ring (bicyclic) bond motifs is 3. The van der Waals surface area contributed by atoms with Crippen LogP contribution in [0.5, 0.6) is 0 Å². The summed E-state index contributed by atoms with van der Waals surface area (Å²) in [6, 6.07) is 17.5. The Morgan fingerprint density at radius 3 is 2.41 bits per heavy atom. The highest BCUT2D eigenvalue weighted by molar-refractivity contribution is 5.87. The Labute approximate surface area is 219 Å². The molecule has 4 atom stereocenters. The van der Waals surface area contributed by atoms with Gasteiger partial charge in [0, 0.05) is 25.0 Å². The van der Waals surface area contributed by atoms with E-state index in [1.165, 1.54) is 0 Å². The minimum atomic E-state index is -0.580. The Kier molecular flexibility index (Phi) is 7.20. The molecule has 37 heavy (non-hydrogen) atoms. The minimum absolute atomic E-state index is 0.0268. The molecule has 4 amide bonds. The Morgan fingerprint density at radius 1 is 1.00 bits per heavy atom. The van der Waals surface area contributed by atoms with Gasteiger partial charge in [-0.2, -0.15) is 5.43 Å². The van der Waals surface area contributed by atoms with Gasteiger partial charge in [-0.25, -0.2) is 4.79 Å². The summed E-state index contributed by atoms with van der Waals surface area (Å²) in [5.74, 6) is -0.0628. The molecular weight excluding hydrogens is 466 g/mol. The van der Waals surface area contributed by atoms with Crippen LogP contribution in [0.4, 0.5) is 4.79 Å². The normalized spacial score (nSPS) is 25.4. The van der Waals surface area contributed by atoms with Crippen molar-refractivity contribution in [2.24, 2.45) is 17.8 Å². The lowest BCUT2D eigenvalue weighted by molar-refractivity contribution is -0.159. The number of carbonyl (C=O) groups is 3. The number of amides is 4. The van der Waals surface area contributed by atoms with Gasteiger partial charge < -0.3 is 10.2 Å². The number of nitrogens with one attached hydrogen (secondary N) is 2. The van der Waals surface area contributed by atoms with Crippen molar-refractivity contribution in [3.8, 4) is 0 Å². The third kappa shape index (κ3) is 5.21. The van der Waals surface area contributed by atoms with E-state index in [2.05, 4.69) is 24.6 Å². The van der Waals surface area contributed by atoms with Gasteiger partial charge in [0.25, 0.3) is 0 Å². The molecule has 1 aliphatic carbocycles. The first-order valence-corrected chi connectivity index (χ1v) is 13.4. The fraction of sp³-hybridized carbons (Fsp3) is 0.483. The summed E-state index contributed by atoms with van der Waals surface area (Å²) in [5.41, 5.74) is 6.52. The molecule has 2 saturated heterocycles. The maximum absolute atomic E-state index is 13.9. The first-order chi connectivity index (χ1) is 17.8. The van der Waals surface area contributed by atoms with E-state index < -0.39 is 6.29 Å². The van der Waals surface area contributed by atoms with Crippen molar-refractivity contribution in [2.75, 3.05) is 6.54 Å². The molecule has 0 bridgehead atoms. The molecule has 196 valence electrons. The van der Waals surface area contributed by atoms with Gasteiger partial charge in [-0.1, -0.05) is 74.0 Å². The molecule has 2 aliphatic heterocycles. The summed E-state index contributed by atoms with van der Waals surface area (Å²) in [6.07, 6.45) is 1.18. The van der Waals surface area contributed by atoms with Gasteiger partial charge in [0.1, 0.15) is 0 Å². The smallest absolute Gasteiger partial charge is 0.337 e. The number of urea groups is 1. The van der Waals surface area contributed by atoms with Gasteiger partial charge in [-0.05, 0) is 43.2 Å². The second kappa shape index (κ2) is 10.5. The fourth-order valence-corrected chi connectivity index (χ4v) is 5.74. The van der Waals surface area contributed by atoms with Gasteiger partial charge in [0.15, 0.2) is 6.29 Å². The van der Waals surface area contributed by atoms with Crippen LogP contribution >= 0.6 is 0 Å². The Bertz CT molecular complexity index is 1140. The van der Waals surface area contributed by atoms with E-state index in [-0.39, 0.29) is 35.7 Å². The van der Waals surface area contributed by atoms with Crippen LogP contribution in [0.15, 0.2) is 54.6 Å². The fourth-order valence-electron chi connectivity index (χ4n) is 5.74. The van der Waals surface area contributed by atoms with E-state index >= 15 is 0 Å². The van der Waals surface area contributed by atoms with E-state index in [1.807, 2.05) is 66.4 Å². The van der Waals surface area contributed by atoms with Crippen LogP contribution in [0, 0.1) is 24.7 Å². The number of nitrogens with zero attached hydrogens (tertiary/aromatic N) is 3. The third-order valence-electron chi connectivity index (χ3n) is 7.77. The monoisotopic (exact) mass is 503 g/mol. The average Bonchev–Trinajstić information content (AvgIpc) is 3.22.